The Morgan fingerprint density at radius 1 is 1.07 bits per heavy atom. The maximum atomic E-state index is 13.0. The van der Waals surface area contributed by atoms with Gasteiger partial charge in [0.05, 0.1) is 4.90 Å². The molecule has 1 saturated heterocycles. The van der Waals surface area contributed by atoms with Crippen molar-refractivity contribution < 1.29 is 17.5 Å². The van der Waals surface area contributed by atoms with Gasteiger partial charge in [0.15, 0.2) is 0 Å². The standard InChI is InChI=1S/C23H31FN2O3S/c1-23(2,3)21-6-4-5-7-22(21)29-17-16-26-14-12-19(13-15-26)25-30(27,28)20-10-8-18(24)9-11-20/h4-11,19,25H,12-17H2,1-3H3. The summed E-state index contributed by atoms with van der Waals surface area (Å²) < 4.78 is 46.8. The molecule has 0 radical (unpaired) electrons. The molecule has 7 heteroatoms. The number of ether oxygens (including phenoxy) is 1. The lowest BCUT2D eigenvalue weighted by Gasteiger charge is -2.32. The van der Waals surface area contributed by atoms with Crippen molar-refractivity contribution >= 4 is 10.0 Å². The number of halogens is 1. The minimum absolute atomic E-state index is 0.0244. The maximum Gasteiger partial charge on any atom is 0.240 e. The number of nitrogens with one attached hydrogen (secondary N) is 1. The number of benzene rings is 2. The summed E-state index contributed by atoms with van der Waals surface area (Å²) in [5.74, 6) is 0.474. The molecule has 0 amide bonds. The van der Waals surface area contributed by atoms with Crippen molar-refractivity contribution in [2.45, 2.75) is 50.0 Å². The Hall–Kier alpha value is -1.96. The molecule has 0 aliphatic carbocycles. The average molecular weight is 435 g/mol. The lowest BCUT2D eigenvalue weighted by Crippen LogP contribution is -2.45. The van der Waals surface area contributed by atoms with E-state index in [1.165, 1.54) is 17.7 Å². The van der Waals surface area contributed by atoms with Crippen LogP contribution in [0.2, 0.25) is 0 Å². The lowest BCUT2D eigenvalue weighted by molar-refractivity contribution is 0.169. The molecule has 0 unspecified atom stereocenters. The highest BCUT2D eigenvalue weighted by Crippen LogP contribution is 2.30. The molecular formula is C23H31FN2O3S. The number of nitrogens with zero attached hydrogens (tertiary/aromatic N) is 1. The first-order valence-corrected chi connectivity index (χ1v) is 11.9. The van der Waals surface area contributed by atoms with Gasteiger partial charge in [-0.25, -0.2) is 17.5 Å². The Bertz CT molecular complexity index is 932. The quantitative estimate of drug-likeness (QED) is 0.717. The number of rotatable bonds is 7. The molecule has 1 N–H and O–H groups in total. The number of likely N-dealkylation sites (tertiary alicyclic amines) is 1. The first-order chi connectivity index (χ1) is 14.1. The zero-order valence-corrected chi connectivity index (χ0v) is 18.7. The zero-order valence-electron chi connectivity index (χ0n) is 17.9. The monoisotopic (exact) mass is 434 g/mol. The van der Waals surface area contributed by atoms with Gasteiger partial charge in [-0.1, -0.05) is 39.0 Å². The van der Waals surface area contributed by atoms with Crippen LogP contribution in [0.25, 0.3) is 0 Å². The van der Waals surface area contributed by atoms with Gasteiger partial charge in [0.1, 0.15) is 18.2 Å². The van der Waals surface area contributed by atoms with Crippen LogP contribution in [-0.2, 0) is 15.4 Å². The Kier molecular flexibility index (Phi) is 7.16. The topological polar surface area (TPSA) is 58.6 Å². The Balaban J connectivity index is 1.46. The van der Waals surface area contributed by atoms with Crippen molar-refractivity contribution in [1.29, 1.82) is 0 Å². The van der Waals surface area contributed by atoms with Crippen molar-refractivity contribution in [3.8, 4) is 5.75 Å². The molecule has 0 atom stereocenters. The van der Waals surface area contributed by atoms with Gasteiger partial charge >= 0.3 is 0 Å². The van der Waals surface area contributed by atoms with E-state index in [0.717, 1.165) is 50.4 Å². The fraction of sp³-hybridized carbons (Fsp3) is 0.478. The second kappa shape index (κ2) is 9.45. The third kappa shape index (κ3) is 6.03. The van der Waals surface area contributed by atoms with Gasteiger partial charge < -0.3 is 4.74 Å². The van der Waals surface area contributed by atoms with E-state index < -0.39 is 15.8 Å². The van der Waals surface area contributed by atoms with Crippen molar-refractivity contribution in [3.63, 3.8) is 0 Å². The third-order valence-electron chi connectivity index (χ3n) is 5.39. The van der Waals surface area contributed by atoms with Gasteiger partial charge in [0, 0.05) is 12.6 Å². The van der Waals surface area contributed by atoms with Gasteiger partial charge in [-0.05, 0) is 67.2 Å². The van der Waals surface area contributed by atoms with Crippen LogP contribution in [-0.4, -0.2) is 45.6 Å². The first-order valence-electron chi connectivity index (χ1n) is 10.4. The summed E-state index contributed by atoms with van der Waals surface area (Å²) in [6.07, 6.45) is 1.47. The molecule has 3 rings (SSSR count). The van der Waals surface area contributed by atoms with Crippen LogP contribution >= 0.6 is 0 Å². The fourth-order valence-corrected chi connectivity index (χ4v) is 4.98. The summed E-state index contributed by atoms with van der Waals surface area (Å²) in [4.78, 5) is 2.39. The van der Waals surface area contributed by atoms with E-state index in [1.807, 2.05) is 18.2 Å². The number of piperidine rings is 1. The smallest absolute Gasteiger partial charge is 0.240 e. The number of para-hydroxylation sites is 1. The molecule has 1 aliphatic rings. The van der Waals surface area contributed by atoms with Crippen LogP contribution in [0.5, 0.6) is 5.75 Å². The molecule has 5 nitrogen and oxygen atoms in total. The van der Waals surface area contributed by atoms with Gasteiger partial charge in [0.25, 0.3) is 0 Å². The van der Waals surface area contributed by atoms with E-state index in [2.05, 4.69) is 36.5 Å². The van der Waals surface area contributed by atoms with Crippen LogP contribution in [0, 0.1) is 5.82 Å². The highest BCUT2D eigenvalue weighted by Gasteiger charge is 2.25. The van der Waals surface area contributed by atoms with Gasteiger partial charge in [-0.15, -0.1) is 0 Å². The SMILES string of the molecule is CC(C)(C)c1ccccc1OCCN1CCC(NS(=O)(=O)c2ccc(F)cc2)CC1. The molecule has 1 heterocycles. The Morgan fingerprint density at radius 2 is 1.70 bits per heavy atom. The number of hydrogen-bond acceptors (Lipinski definition) is 4. The minimum Gasteiger partial charge on any atom is -0.492 e. The summed E-state index contributed by atoms with van der Waals surface area (Å²) in [5, 5.41) is 0. The van der Waals surface area contributed by atoms with Crippen molar-refractivity contribution in [2.75, 3.05) is 26.2 Å². The molecule has 1 fully saturated rings. The summed E-state index contributed by atoms with van der Waals surface area (Å²) in [6.45, 7) is 9.53. The Morgan fingerprint density at radius 3 is 2.33 bits per heavy atom. The third-order valence-corrected chi connectivity index (χ3v) is 6.93. The van der Waals surface area contributed by atoms with E-state index in [4.69, 9.17) is 4.74 Å². The largest absolute Gasteiger partial charge is 0.492 e. The van der Waals surface area contributed by atoms with E-state index >= 15 is 0 Å². The summed E-state index contributed by atoms with van der Waals surface area (Å²) >= 11 is 0. The van der Waals surface area contributed by atoms with Crippen LogP contribution in [0.1, 0.15) is 39.2 Å². The maximum absolute atomic E-state index is 13.0. The summed E-state index contributed by atoms with van der Waals surface area (Å²) in [5.41, 5.74) is 1.22. The molecule has 0 bridgehead atoms. The van der Waals surface area contributed by atoms with Crippen LogP contribution in [0.3, 0.4) is 0 Å². The van der Waals surface area contributed by atoms with E-state index in [9.17, 15) is 12.8 Å². The van der Waals surface area contributed by atoms with E-state index in [0.29, 0.717) is 6.61 Å². The predicted octanol–water partition coefficient (Wildman–Crippen LogP) is 3.94. The second-order valence-electron chi connectivity index (χ2n) is 8.79. The molecule has 1 aliphatic heterocycles. The average Bonchev–Trinajstić information content (AvgIpc) is 2.69. The molecule has 0 saturated carbocycles. The van der Waals surface area contributed by atoms with Gasteiger partial charge in [-0.2, -0.15) is 0 Å². The van der Waals surface area contributed by atoms with Crippen molar-refractivity contribution in [1.82, 2.24) is 9.62 Å². The minimum atomic E-state index is -3.63. The molecule has 2 aromatic carbocycles. The van der Waals surface area contributed by atoms with E-state index in [-0.39, 0.29) is 16.4 Å². The van der Waals surface area contributed by atoms with Crippen LogP contribution in [0.15, 0.2) is 53.4 Å². The Labute approximate surface area is 179 Å². The first kappa shape index (κ1) is 22.7. The number of hydrogen-bond donors (Lipinski definition) is 1. The molecule has 0 aromatic heterocycles. The summed E-state index contributed by atoms with van der Waals surface area (Å²) in [6, 6.07) is 12.9. The van der Waals surface area contributed by atoms with Crippen LogP contribution < -0.4 is 9.46 Å². The van der Waals surface area contributed by atoms with Gasteiger partial charge in [-0.3, -0.25) is 4.90 Å². The highest BCUT2D eigenvalue weighted by atomic mass is 32.2. The molecule has 30 heavy (non-hydrogen) atoms. The summed E-state index contributed by atoms with van der Waals surface area (Å²) in [7, 11) is -3.63. The second-order valence-corrected chi connectivity index (χ2v) is 10.5. The normalized spacial score (nSPS) is 16.5. The zero-order chi connectivity index (χ0) is 21.8. The lowest BCUT2D eigenvalue weighted by atomic mass is 9.86. The van der Waals surface area contributed by atoms with Crippen molar-refractivity contribution in [3.05, 3.63) is 59.9 Å². The molecular weight excluding hydrogens is 403 g/mol. The van der Waals surface area contributed by atoms with Crippen LogP contribution in [0.4, 0.5) is 4.39 Å². The van der Waals surface area contributed by atoms with Gasteiger partial charge in [0.2, 0.25) is 10.0 Å². The van der Waals surface area contributed by atoms with E-state index in [1.54, 1.807) is 0 Å². The molecule has 0 spiro atoms. The molecule has 164 valence electrons. The van der Waals surface area contributed by atoms with Crippen molar-refractivity contribution in [2.24, 2.45) is 0 Å². The highest BCUT2D eigenvalue weighted by molar-refractivity contribution is 7.89. The fourth-order valence-electron chi connectivity index (χ4n) is 3.67. The number of sulfonamides is 1. The molecule has 2 aromatic rings. The predicted molar refractivity (Wildman–Crippen MR) is 117 cm³/mol.